The van der Waals surface area contributed by atoms with E-state index >= 15 is 0 Å². The van der Waals surface area contributed by atoms with E-state index in [1.165, 1.54) is 14.2 Å². The summed E-state index contributed by atoms with van der Waals surface area (Å²) in [6.45, 7) is 2.32. The van der Waals surface area contributed by atoms with Crippen LogP contribution in [0.4, 0.5) is 0 Å². The van der Waals surface area contributed by atoms with Gasteiger partial charge in [-0.3, -0.25) is 10.1 Å². The Hall–Kier alpha value is -0.553. The fourth-order valence-corrected chi connectivity index (χ4v) is 4.94. The topological polar surface area (TPSA) is 95.3 Å². The van der Waals surface area contributed by atoms with E-state index in [1.54, 1.807) is 0 Å². The molecule has 2 saturated heterocycles. The standard InChI is InChI=1S/C10H21N3O5Si/c1-7(11)12-8-4-5-13-9(8)10(14)17-6-18-19(13,15-2)16-3/h7-9,12H,4-6,11H2,1-3H3. The molecule has 3 unspecified atom stereocenters. The number of carbonyl (C=O) groups is 1. The van der Waals surface area contributed by atoms with E-state index in [0.717, 1.165) is 6.42 Å². The van der Waals surface area contributed by atoms with E-state index in [1.807, 2.05) is 11.5 Å². The van der Waals surface area contributed by atoms with Crippen molar-refractivity contribution in [1.29, 1.82) is 0 Å². The first-order valence-corrected chi connectivity index (χ1v) is 7.90. The summed E-state index contributed by atoms with van der Waals surface area (Å²) in [7, 11) is 0.00650. The summed E-state index contributed by atoms with van der Waals surface area (Å²) in [6.07, 6.45) is 0.551. The lowest BCUT2D eigenvalue weighted by atomic mass is 10.1. The van der Waals surface area contributed by atoms with Gasteiger partial charge in [-0.2, -0.15) is 0 Å². The third-order valence-electron chi connectivity index (χ3n) is 3.43. The van der Waals surface area contributed by atoms with Crippen LogP contribution in [0.25, 0.3) is 0 Å². The quantitative estimate of drug-likeness (QED) is 0.370. The molecule has 110 valence electrons. The zero-order valence-electron chi connectivity index (χ0n) is 11.4. The van der Waals surface area contributed by atoms with Gasteiger partial charge in [-0.1, -0.05) is 0 Å². The van der Waals surface area contributed by atoms with Crippen LogP contribution in [0.2, 0.25) is 0 Å². The second-order valence-electron chi connectivity index (χ2n) is 4.65. The van der Waals surface area contributed by atoms with Crippen molar-refractivity contribution in [3.63, 3.8) is 0 Å². The largest absolute Gasteiger partial charge is 0.602 e. The van der Waals surface area contributed by atoms with Crippen LogP contribution in [0.3, 0.4) is 0 Å². The third kappa shape index (κ3) is 2.68. The maximum atomic E-state index is 12.1. The molecule has 0 spiro atoms. The summed E-state index contributed by atoms with van der Waals surface area (Å²) < 4.78 is 23.4. The van der Waals surface area contributed by atoms with Gasteiger partial charge in [0.25, 0.3) is 0 Å². The number of carbonyl (C=O) groups excluding carboxylic acids is 1. The number of nitrogens with two attached hydrogens (primary N) is 1. The second kappa shape index (κ2) is 5.83. The summed E-state index contributed by atoms with van der Waals surface area (Å²) >= 11 is 0. The number of nitrogens with zero attached hydrogens (tertiary/aromatic N) is 1. The Labute approximate surface area is 113 Å². The van der Waals surface area contributed by atoms with Gasteiger partial charge in [0.2, 0.25) is 0 Å². The lowest BCUT2D eigenvalue weighted by Crippen LogP contribution is -2.64. The second-order valence-corrected chi connectivity index (χ2v) is 7.37. The molecule has 0 aromatic heterocycles. The molecule has 3 atom stereocenters. The van der Waals surface area contributed by atoms with E-state index in [4.69, 9.17) is 23.7 Å². The first kappa shape index (κ1) is 14.8. The highest BCUT2D eigenvalue weighted by Gasteiger charge is 2.59. The highest BCUT2D eigenvalue weighted by Crippen LogP contribution is 2.29. The fourth-order valence-electron chi connectivity index (χ4n) is 2.67. The molecule has 0 radical (unpaired) electrons. The maximum Gasteiger partial charge on any atom is 0.602 e. The first-order valence-electron chi connectivity index (χ1n) is 6.23. The molecule has 0 aromatic carbocycles. The highest BCUT2D eigenvalue weighted by atomic mass is 28.4. The number of cyclic esters (lactones) is 1. The van der Waals surface area contributed by atoms with Crippen molar-refractivity contribution in [1.82, 2.24) is 9.88 Å². The van der Waals surface area contributed by atoms with Crippen LogP contribution < -0.4 is 11.1 Å². The van der Waals surface area contributed by atoms with Crippen LogP contribution in [0.15, 0.2) is 0 Å². The molecule has 0 bridgehead atoms. The van der Waals surface area contributed by atoms with E-state index in [-0.39, 0.29) is 25.0 Å². The molecule has 2 fully saturated rings. The highest BCUT2D eigenvalue weighted by molar-refractivity contribution is 6.58. The van der Waals surface area contributed by atoms with Crippen LogP contribution >= 0.6 is 0 Å². The third-order valence-corrected chi connectivity index (χ3v) is 6.15. The Morgan fingerprint density at radius 1 is 1.53 bits per heavy atom. The van der Waals surface area contributed by atoms with Crippen molar-refractivity contribution in [3.05, 3.63) is 0 Å². The molecule has 19 heavy (non-hydrogen) atoms. The number of hydrogen-bond donors (Lipinski definition) is 2. The van der Waals surface area contributed by atoms with Crippen LogP contribution in [-0.2, 0) is 22.8 Å². The van der Waals surface area contributed by atoms with E-state index in [0.29, 0.717) is 6.54 Å². The van der Waals surface area contributed by atoms with Crippen molar-refractivity contribution in [2.45, 2.75) is 31.6 Å². The van der Waals surface area contributed by atoms with Gasteiger partial charge in [-0.05, 0) is 13.3 Å². The molecule has 2 aliphatic rings. The molecule has 2 aliphatic heterocycles. The Bertz CT molecular complexity index is 339. The smallest absolute Gasteiger partial charge is 0.438 e. The number of rotatable bonds is 4. The maximum absolute atomic E-state index is 12.1. The van der Waals surface area contributed by atoms with Crippen molar-refractivity contribution in [2.24, 2.45) is 5.73 Å². The predicted molar refractivity (Wildman–Crippen MR) is 67.5 cm³/mol. The molecule has 0 aliphatic carbocycles. The van der Waals surface area contributed by atoms with Crippen molar-refractivity contribution < 1.29 is 22.8 Å². The van der Waals surface area contributed by atoms with Crippen LogP contribution in [0, 0.1) is 0 Å². The molecule has 3 N–H and O–H groups in total. The van der Waals surface area contributed by atoms with Gasteiger partial charge in [0, 0.05) is 26.8 Å². The molecular formula is C10H21N3O5Si. The monoisotopic (exact) mass is 291 g/mol. The van der Waals surface area contributed by atoms with Gasteiger partial charge in [-0.25, -0.2) is 4.57 Å². The molecule has 8 nitrogen and oxygen atoms in total. The van der Waals surface area contributed by atoms with Gasteiger partial charge >= 0.3 is 14.9 Å². The minimum absolute atomic E-state index is 0.0913. The fraction of sp³-hybridized carbons (Fsp3) is 0.900. The Morgan fingerprint density at radius 2 is 2.21 bits per heavy atom. The van der Waals surface area contributed by atoms with Crippen LogP contribution in [0.5, 0.6) is 0 Å². The minimum Gasteiger partial charge on any atom is -0.438 e. The van der Waals surface area contributed by atoms with Crippen LogP contribution in [0.1, 0.15) is 13.3 Å². The van der Waals surface area contributed by atoms with Gasteiger partial charge in [0.15, 0.2) is 6.79 Å². The number of hydrogen-bond acceptors (Lipinski definition) is 8. The Kier molecular flexibility index (Phi) is 4.56. The first-order chi connectivity index (χ1) is 9.04. The normalized spacial score (nSPS) is 32.5. The molecule has 2 heterocycles. The summed E-state index contributed by atoms with van der Waals surface area (Å²) in [6, 6.07) is -0.577. The molecule has 0 saturated carbocycles. The van der Waals surface area contributed by atoms with E-state index in [2.05, 4.69) is 5.32 Å². The Morgan fingerprint density at radius 3 is 2.79 bits per heavy atom. The van der Waals surface area contributed by atoms with Gasteiger partial charge in [0.1, 0.15) is 6.04 Å². The summed E-state index contributed by atoms with van der Waals surface area (Å²) in [4.78, 5) is 12.1. The van der Waals surface area contributed by atoms with Gasteiger partial charge < -0.3 is 23.7 Å². The number of ether oxygens (including phenoxy) is 1. The minimum atomic E-state index is -3.04. The SMILES string of the molecule is CO[Si]1(OC)OCOC(=O)C2C(NC(C)N)CCN21. The molecule has 9 heteroatoms. The summed E-state index contributed by atoms with van der Waals surface area (Å²) in [5.41, 5.74) is 5.75. The number of nitrogens with one attached hydrogen (secondary N) is 1. The molecule has 0 amide bonds. The lowest BCUT2D eigenvalue weighted by Gasteiger charge is -2.34. The lowest BCUT2D eigenvalue weighted by molar-refractivity contribution is -0.152. The van der Waals surface area contributed by atoms with Crippen molar-refractivity contribution in [3.8, 4) is 0 Å². The molecule has 0 aromatic rings. The predicted octanol–water partition coefficient (Wildman–Crippen LogP) is -1.42. The average molecular weight is 291 g/mol. The van der Waals surface area contributed by atoms with Gasteiger partial charge in [0.05, 0.1) is 6.17 Å². The van der Waals surface area contributed by atoms with E-state index in [9.17, 15) is 4.79 Å². The Balaban J connectivity index is 2.26. The zero-order valence-corrected chi connectivity index (χ0v) is 12.4. The number of fused-ring (bicyclic) bond motifs is 1. The summed E-state index contributed by atoms with van der Waals surface area (Å²) in [5, 5.41) is 3.18. The zero-order chi connectivity index (χ0) is 14.0. The van der Waals surface area contributed by atoms with Crippen molar-refractivity contribution in [2.75, 3.05) is 27.6 Å². The van der Waals surface area contributed by atoms with Crippen LogP contribution in [-0.4, -0.2) is 65.3 Å². The molecular weight excluding hydrogens is 270 g/mol. The average Bonchev–Trinajstić information content (AvgIpc) is 2.72. The molecule has 2 rings (SSSR count). The van der Waals surface area contributed by atoms with Gasteiger partial charge in [-0.15, -0.1) is 0 Å². The summed E-state index contributed by atoms with van der Waals surface area (Å²) in [5.74, 6) is -0.334. The van der Waals surface area contributed by atoms with E-state index < -0.39 is 15.0 Å². The number of esters is 1. The van der Waals surface area contributed by atoms with Crippen molar-refractivity contribution >= 4 is 14.9 Å².